The van der Waals surface area contributed by atoms with Crippen LogP contribution in [0.3, 0.4) is 0 Å². The van der Waals surface area contributed by atoms with Crippen molar-refractivity contribution in [3.05, 3.63) is 29.8 Å². The lowest BCUT2D eigenvalue weighted by atomic mass is 9.93. The highest BCUT2D eigenvalue weighted by Gasteiger charge is 2.25. The number of benzene rings is 1. The van der Waals surface area contributed by atoms with Crippen LogP contribution in [0.1, 0.15) is 31.9 Å². The van der Waals surface area contributed by atoms with E-state index in [-0.39, 0.29) is 5.75 Å². The average molecular weight is 328 g/mol. The number of likely N-dealkylation sites (tertiary alicyclic amines) is 1. The van der Waals surface area contributed by atoms with Gasteiger partial charge in [0.1, 0.15) is 5.75 Å². The van der Waals surface area contributed by atoms with Gasteiger partial charge >= 0.3 is 6.61 Å². The second-order valence-electron chi connectivity index (χ2n) is 6.14. The van der Waals surface area contributed by atoms with E-state index in [1.54, 1.807) is 12.1 Å². The summed E-state index contributed by atoms with van der Waals surface area (Å²) in [6.45, 7) is 5.11. The molecule has 0 amide bonds. The van der Waals surface area contributed by atoms with E-state index in [2.05, 4.69) is 28.8 Å². The number of rotatable bonds is 7. The number of hydrogen-bond acceptors (Lipinski definition) is 4. The quantitative estimate of drug-likeness (QED) is 0.808. The smallest absolute Gasteiger partial charge is 0.387 e. The molecule has 1 fully saturated rings. The van der Waals surface area contributed by atoms with Crippen LogP contribution in [-0.2, 0) is 0 Å². The lowest BCUT2D eigenvalue weighted by Gasteiger charge is -2.37. The van der Waals surface area contributed by atoms with Crippen LogP contribution in [0.2, 0.25) is 0 Å². The number of alkyl halides is 2. The van der Waals surface area contributed by atoms with E-state index in [1.807, 2.05) is 0 Å². The van der Waals surface area contributed by atoms with E-state index in [1.165, 1.54) is 12.1 Å². The fraction of sp³-hybridized carbons (Fsp3) is 0.647. The van der Waals surface area contributed by atoms with Crippen molar-refractivity contribution >= 4 is 0 Å². The monoisotopic (exact) mass is 328 g/mol. The second kappa shape index (κ2) is 8.57. The molecular formula is C17H26F2N2O2. The molecule has 4 nitrogen and oxygen atoms in total. The number of aliphatic hydroxyl groups excluding tert-OH is 1. The number of nitrogens with zero attached hydrogens (tertiary/aromatic N) is 1. The lowest BCUT2D eigenvalue weighted by molar-refractivity contribution is -0.0499. The van der Waals surface area contributed by atoms with E-state index < -0.39 is 12.7 Å². The largest absolute Gasteiger partial charge is 0.435 e. The fourth-order valence-electron chi connectivity index (χ4n) is 3.10. The summed E-state index contributed by atoms with van der Waals surface area (Å²) in [4.78, 5) is 2.42. The Hall–Kier alpha value is -1.24. The molecule has 0 aromatic heterocycles. The van der Waals surface area contributed by atoms with Crippen molar-refractivity contribution in [3.63, 3.8) is 0 Å². The first-order valence-corrected chi connectivity index (χ1v) is 8.18. The van der Waals surface area contributed by atoms with E-state index in [9.17, 15) is 13.9 Å². The van der Waals surface area contributed by atoms with Crippen LogP contribution in [0.15, 0.2) is 24.3 Å². The van der Waals surface area contributed by atoms with Crippen molar-refractivity contribution < 1.29 is 18.6 Å². The van der Waals surface area contributed by atoms with E-state index >= 15 is 0 Å². The maximum absolute atomic E-state index is 12.2. The molecular weight excluding hydrogens is 302 g/mol. The van der Waals surface area contributed by atoms with Gasteiger partial charge in [0.15, 0.2) is 0 Å². The third kappa shape index (κ3) is 5.41. The molecule has 1 aliphatic heterocycles. The van der Waals surface area contributed by atoms with Gasteiger partial charge in [0, 0.05) is 19.1 Å². The molecule has 0 radical (unpaired) electrons. The SMILES string of the molecule is CCN1CCC(NCC(O)c2cccc(OC(F)F)c2)C(C)C1. The Labute approximate surface area is 136 Å². The topological polar surface area (TPSA) is 44.7 Å². The van der Waals surface area contributed by atoms with Crippen LogP contribution < -0.4 is 10.1 Å². The fourth-order valence-corrected chi connectivity index (χ4v) is 3.10. The Kier molecular flexibility index (Phi) is 6.74. The highest BCUT2D eigenvalue weighted by atomic mass is 19.3. The number of aliphatic hydroxyl groups is 1. The molecule has 1 aromatic rings. The first-order chi connectivity index (χ1) is 11.0. The molecule has 3 atom stereocenters. The highest BCUT2D eigenvalue weighted by Crippen LogP contribution is 2.22. The van der Waals surface area contributed by atoms with Crippen LogP contribution in [0.5, 0.6) is 5.75 Å². The van der Waals surface area contributed by atoms with E-state index in [0.717, 1.165) is 26.1 Å². The summed E-state index contributed by atoms with van der Waals surface area (Å²) >= 11 is 0. The number of hydrogen-bond donors (Lipinski definition) is 2. The summed E-state index contributed by atoms with van der Waals surface area (Å²) < 4.78 is 28.9. The molecule has 0 spiro atoms. The summed E-state index contributed by atoms with van der Waals surface area (Å²) in [7, 11) is 0. The Morgan fingerprint density at radius 3 is 2.87 bits per heavy atom. The van der Waals surface area contributed by atoms with Crippen molar-refractivity contribution in [1.29, 1.82) is 0 Å². The molecule has 0 bridgehead atoms. The summed E-state index contributed by atoms with van der Waals surface area (Å²) in [6, 6.07) is 6.61. The molecule has 6 heteroatoms. The number of ether oxygens (including phenoxy) is 1. The maximum Gasteiger partial charge on any atom is 0.387 e. The van der Waals surface area contributed by atoms with Crippen LogP contribution in [-0.4, -0.2) is 48.8 Å². The molecule has 1 heterocycles. The molecule has 130 valence electrons. The number of piperidine rings is 1. The molecule has 3 unspecified atom stereocenters. The zero-order valence-corrected chi connectivity index (χ0v) is 13.7. The standard InChI is InChI=1S/C17H26F2N2O2/c1-3-21-8-7-15(12(2)11-21)20-10-16(22)13-5-4-6-14(9-13)23-17(18)19/h4-6,9,12,15-17,20,22H,3,7-8,10-11H2,1-2H3. The molecule has 0 saturated carbocycles. The van der Waals surface area contributed by atoms with Gasteiger partial charge in [-0.1, -0.05) is 26.0 Å². The van der Waals surface area contributed by atoms with Gasteiger partial charge < -0.3 is 20.1 Å². The molecule has 23 heavy (non-hydrogen) atoms. The minimum Gasteiger partial charge on any atom is -0.435 e. The van der Waals surface area contributed by atoms with Crippen molar-refractivity contribution in [2.24, 2.45) is 5.92 Å². The zero-order chi connectivity index (χ0) is 16.8. The summed E-state index contributed by atoms with van der Waals surface area (Å²) in [6.07, 6.45) is 0.309. The van der Waals surface area contributed by atoms with Crippen LogP contribution >= 0.6 is 0 Å². The predicted octanol–water partition coefficient (Wildman–Crippen LogP) is 2.64. The molecule has 0 aliphatic carbocycles. The highest BCUT2D eigenvalue weighted by molar-refractivity contribution is 5.30. The van der Waals surface area contributed by atoms with Crippen LogP contribution in [0, 0.1) is 5.92 Å². The van der Waals surface area contributed by atoms with Gasteiger partial charge in [-0.15, -0.1) is 0 Å². The molecule has 2 N–H and O–H groups in total. The Morgan fingerprint density at radius 1 is 1.43 bits per heavy atom. The second-order valence-corrected chi connectivity index (χ2v) is 6.14. The van der Waals surface area contributed by atoms with Gasteiger partial charge in [-0.2, -0.15) is 8.78 Å². The summed E-state index contributed by atoms with van der Waals surface area (Å²) in [5, 5.41) is 13.7. The van der Waals surface area contributed by atoms with Crippen molar-refractivity contribution in [2.75, 3.05) is 26.2 Å². The van der Waals surface area contributed by atoms with Gasteiger partial charge in [0.25, 0.3) is 0 Å². The summed E-state index contributed by atoms with van der Waals surface area (Å²) in [5.41, 5.74) is 0.578. The van der Waals surface area contributed by atoms with Crippen LogP contribution in [0.25, 0.3) is 0 Å². The lowest BCUT2D eigenvalue weighted by Crippen LogP contribution is -2.49. The van der Waals surface area contributed by atoms with E-state index in [4.69, 9.17) is 0 Å². The summed E-state index contributed by atoms with van der Waals surface area (Å²) in [5.74, 6) is 0.588. The minimum absolute atomic E-state index is 0.0705. The minimum atomic E-state index is -2.86. The Morgan fingerprint density at radius 2 is 2.22 bits per heavy atom. The van der Waals surface area contributed by atoms with Crippen molar-refractivity contribution in [1.82, 2.24) is 10.2 Å². The molecule has 1 aromatic carbocycles. The first-order valence-electron chi connectivity index (χ1n) is 8.18. The molecule has 1 saturated heterocycles. The van der Waals surface area contributed by atoms with Gasteiger partial charge in [0.05, 0.1) is 6.10 Å². The average Bonchev–Trinajstić information content (AvgIpc) is 2.53. The first kappa shape index (κ1) is 18.1. The molecule has 2 rings (SSSR count). The van der Waals surface area contributed by atoms with Crippen molar-refractivity contribution in [3.8, 4) is 5.75 Å². The van der Waals surface area contributed by atoms with Gasteiger partial charge in [-0.3, -0.25) is 0 Å². The normalized spacial score (nSPS) is 23.9. The maximum atomic E-state index is 12.2. The number of halogens is 2. The van der Waals surface area contributed by atoms with Gasteiger partial charge in [-0.25, -0.2) is 0 Å². The zero-order valence-electron chi connectivity index (χ0n) is 13.7. The van der Waals surface area contributed by atoms with Gasteiger partial charge in [-0.05, 0) is 43.1 Å². The Balaban J connectivity index is 1.86. The van der Waals surface area contributed by atoms with E-state index in [0.29, 0.717) is 24.1 Å². The van der Waals surface area contributed by atoms with Crippen LogP contribution in [0.4, 0.5) is 8.78 Å². The third-order valence-corrected chi connectivity index (χ3v) is 4.48. The Bertz CT molecular complexity index is 487. The van der Waals surface area contributed by atoms with Crippen molar-refractivity contribution in [2.45, 2.75) is 39.0 Å². The number of nitrogens with one attached hydrogen (secondary N) is 1. The van der Waals surface area contributed by atoms with Gasteiger partial charge in [0.2, 0.25) is 0 Å². The third-order valence-electron chi connectivity index (χ3n) is 4.48. The predicted molar refractivity (Wildman–Crippen MR) is 85.7 cm³/mol. The molecule has 1 aliphatic rings.